The molecular formula is C22H26N6O2. The fourth-order valence-corrected chi connectivity index (χ4v) is 5.07. The summed E-state index contributed by atoms with van der Waals surface area (Å²) >= 11 is 0. The summed E-state index contributed by atoms with van der Waals surface area (Å²) in [5.74, 6) is 2.27. The van der Waals surface area contributed by atoms with Crippen LogP contribution in [0.1, 0.15) is 28.9 Å². The molecule has 1 aromatic carbocycles. The lowest BCUT2D eigenvalue weighted by Gasteiger charge is -2.31. The molecule has 3 aromatic rings. The summed E-state index contributed by atoms with van der Waals surface area (Å²) in [7, 11) is 0. The van der Waals surface area contributed by atoms with E-state index in [0.717, 1.165) is 25.5 Å². The van der Waals surface area contributed by atoms with Crippen molar-refractivity contribution in [3.05, 3.63) is 65.6 Å². The van der Waals surface area contributed by atoms with Gasteiger partial charge >= 0.3 is 0 Å². The number of amides is 1. The van der Waals surface area contributed by atoms with E-state index in [-0.39, 0.29) is 18.5 Å². The van der Waals surface area contributed by atoms with Gasteiger partial charge in [-0.15, -0.1) is 0 Å². The van der Waals surface area contributed by atoms with Crippen molar-refractivity contribution in [3.8, 4) is 0 Å². The number of nitrogens with zero attached hydrogens (tertiary/aromatic N) is 6. The van der Waals surface area contributed by atoms with E-state index in [1.165, 1.54) is 11.1 Å². The average molecular weight is 406 g/mol. The van der Waals surface area contributed by atoms with Crippen LogP contribution >= 0.6 is 0 Å². The second-order valence-electron chi connectivity index (χ2n) is 8.40. The largest absolute Gasteiger partial charge is 0.340 e. The smallest absolute Gasteiger partial charge is 0.244 e. The first-order chi connectivity index (χ1) is 14.6. The molecule has 0 spiro atoms. The molecule has 2 fully saturated rings. The van der Waals surface area contributed by atoms with Crippen LogP contribution in [0.3, 0.4) is 0 Å². The minimum absolute atomic E-state index is 0.0799. The number of hydrogen-bond acceptors (Lipinski definition) is 6. The maximum atomic E-state index is 13.2. The van der Waals surface area contributed by atoms with Crippen molar-refractivity contribution in [2.24, 2.45) is 11.8 Å². The molecule has 2 aromatic heterocycles. The fraction of sp³-hybridized carbons (Fsp3) is 0.455. The lowest BCUT2D eigenvalue weighted by molar-refractivity contribution is -0.133. The highest BCUT2D eigenvalue weighted by atomic mass is 16.5. The molecule has 156 valence electrons. The van der Waals surface area contributed by atoms with Gasteiger partial charge in [0.2, 0.25) is 11.8 Å². The third kappa shape index (κ3) is 3.52. The van der Waals surface area contributed by atoms with Crippen molar-refractivity contribution in [2.45, 2.75) is 33.0 Å². The second kappa shape index (κ2) is 7.68. The standard InChI is InChI=1S/C22H26N6O2/c1-15-6-3-4-7-18(15)22-19-12-26(13-20-24-16(2)30-25-20)10-17(19)11-28(22)21(29)14-27-9-5-8-23-27/h3-9,17,19,22H,10-14H2,1-2H3/t17-,19-,22-/m0/s1. The minimum atomic E-state index is 0.0799. The summed E-state index contributed by atoms with van der Waals surface area (Å²) in [6, 6.07) is 10.4. The van der Waals surface area contributed by atoms with E-state index in [0.29, 0.717) is 24.3 Å². The molecule has 2 aliphatic rings. The van der Waals surface area contributed by atoms with Crippen molar-refractivity contribution >= 4 is 5.91 Å². The lowest BCUT2D eigenvalue weighted by atomic mass is 9.87. The van der Waals surface area contributed by atoms with Crippen LogP contribution < -0.4 is 0 Å². The Bertz CT molecular complexity index is 1030. The van der Waals surface area contributed by atoms with Gasteiger partial charge in [-0.3, -0.25) is 14.4 Å². The minimum Gasteiger partial charge on any atom is -0.340 e. The Hall–Kier alpha value is -3.00. The van der Waals surface area contributed by atoms with Gasteiger partial charge in [0, 0.05) is 44.9 Å². The van der Waals surface area contributed by atoms with Crippen LogP contribution in [-0.2, 0) is 17.9 Å². The Morgan fingerprint density at radius 1 is 1.17 bits per heavy atom. The quantitative estimate of drug-likeness (QED) is 0.646. The molecule has 0 aliphatic carbocycles. The van der Waals surface area contributed by atoms with Gasteiger partial charge in [-0.05, 0) is 30.0 Å². The molecule has 0 saturated carbocycles. The third-order valence-corrected chi connectivity index (χ3v) is 6.36. The summed E-state index contributed by atoms with van der Waals surface area (Å²) in [4.78, 5) is 22.1. The van der Waals surface area contributed by atoms with Gasteiger partial charge in [-0.2, -0.15) is 10.1 Å². The summed E-state index contributed by atoms with van der Waals surface area (Å²) in [6.07, 6.45) is 3.55. The van der Waals surface area contributed by atoms with E-state index in [4.69, 9.17) is 4.52 Å². The first kappa shape index (κ1) is 19.0. The Kier molecular flexibility index (Phi) is 4.86. The van der Waals surface area contributed by atoms with Crippen LogP contribution in [-0.4, -0.2) is 55.3 Å². The summed E-state index contributed by atoms with van der Waals surface area (Å²) in [5.41, 5.74) is 2.48. The molecule has 5 rings (SSSR count). The van der Waals surface area contributed by atoms with Gasteiger partial charge in [0.15, 0.2) is 5.82 Å². The molecule has 8 heteroatoms. The summed E-state index contributed by atoms with van der Waals surface area (Å²) in [6.45, 7) is 7.54. The molecule has 30 heavy (non-hydrogen) atoms. The molecule has 0 radical (unpaired) electrons. The third-order valence-electron chi connectivity index (χ3n) is 6.36. The van der Waals surface area contributed by atoms with Crippen LogP contribution in [0.5, 0.6) is 0 Å². The molecule has 4 heterocycles. The Morgan fingerprint density at radius 3 is 2.77 bits per heavy atom. The molecule has 0 unspecified atom stereocenters. The van der Waals surface area contributed by atoms with Crippen molar-refractivity contribution < 1.29 is 9.32 Å². The monoisotopic (exact) mass is 406 g/mol. The molecule has 3 atom stereocenters. The fourth-order valence-electron chi connectivity index (χ4n) is 5.07. The Labute approximate surface area is 175 Å². The van der Waals surface area contributed by atoms with E-state index < -0.39 is 0 Å². The van der Waals surface area contributed by atoms with Crippen LogP contribution in [0.2, 0.25) is 0 Å². The van der Waals surface area contributed by atoms with Crippen LogP contribution in [0, 0.1) is 25.7 Å². The number of likely N-dealkylation sites (tertiary alicyclic amines) is 2. The molecule has 0 bridgehead atoms. The number of benzene rings is 1. The zero-order valence-corrected chi connectivity index (χ0v) is 17.3. The molecule has 2 aliphatic heterocycles. The molecule has 8 nitrogen and oxygen atoms in total. The maximum absolute atomic E-state index is 13.2. The zero-order valence-electron chi connectivity index (χ0n) is 17.3. The van der Waals surface area contributed by atoms with Gasteiger partial charge in [0.05, 0.1) is 12.6 Å². The van der Waals surface area contributed by atoms with E-state index in [1.807, 2.05) is 19.2 Å². The number of rotatable bonds is 5. The number of carbonyl (C=O) groups excluding carboxylic acids is 1. The van der Waals surface area contributed by atoms with Gasteiger partial charge < -0.3 is 9.42 Å². The first-order valence-electron chi connectivity index (χ1n) is 10.4. The second-order valence-corrected chi connectivity index (χ2v) is 8.40. The van der Waals surface area contributed by atoms with Gasteiger partial charge in [-0.1, -0.05) is 29.4 Å². The van der Waals surface area contributed by atoms with Crippen molar-refractivity contribution in [1.29, 1.82) is 0 Å². The number of fused-ring (bicyclic) bond motifs is 1. The zero-order chi connectivity index (χ0) is 20.7. The van der Waals surface area contributed by atoms with Gasteiger partial charge in [0.25, 0.3) is 0 Å². The molecular weight excluding hydrogens is 380 g/mol. The number of hydrogen-bond donors (Lipinski definition) is 0. The number of carbonyl (C=O) groups is 1. The van der Waals surface area contributed by atoms with E-state index in [2.05, 4.69) is 56.2 Å². The Morgan fingerprint density at radius 2 is 2.03 bits per heavy atom. The van der Waals surface area contributed by atoms with E-state index >= 15 is 0 Å². The Balaban J connectivity index is 1.39. The highest BCUT2D eigenvalue weighted by molar-refractivity contribution is 5.77. The van der Waals surface area contributed by atoms with E-state index in [1.54, 1.807) is 10.9 Å². The van der Waals surface area contributed by atoms with Crippen molar-refractivity contribution in [3.63, 3.8) is 0 Å². The van der Waals surface area contributed by atoms with Gasteiger partial charge in [0.1, 0.15) is 6.54 Å². The maximum Gasteiger partial charge on any atom is 0.244 e. The number of aromatic nitrogens is 4. The van der Waals surface area contributed by atoms with E-state index in [9.17, 15) is 4.79 Å². The number of aryl methyl sites for hydroxylation is 2. The first-order valence-corrected chi connectivity index (χ1v) is 10.4. The molecule has 2 saturated heterocycles. The average Bonchev–Trinajstić information content (AvgIpc) is 3.48. The molecule has 0 N–H and O–H groups in total. The van der Waals surface area contributed by atoms with Crippen molar-refractivity contribution in [1.82, 2.24) is 29.7 Å². The highest BCUT2D eigenvalue weighted by Gasteiger charge is 2.49. The predicted octanol–water partition coefficient (Wildman–Crippen LogP) is 2.21. The van der Waals surface area contributed by atoms with Crippen LogP contribution in [0.15, 0.2) is 47.2 Å². The van der Waals surface area contributed by atoms with Crippen molar-refractivity contribution in [2.75, 3.05) is 19.6 Å². The summed E-state index contributed by atoms with van der Waals surface area (Å²) < 4.78 is 6.83. The highest BCUT2D eigenvalue weighted by Crippen LogP contribution is 2.46. The molecule has 1 amide bonds. The SMILES string of the molecule is Cc1nc(CN2C[C@H]3CN(C(=O)Cn4cccn4)[C@@H](c4ccccc4C)[C@H]3C2)no1. The predicted molar refractivity (Wildman–Crippen MR) is 109 cm³/mol. The van der Waals surface area contributed by atoms with Crippen LogP contribution in [0.4, 0.5) is 0 Å². The topological polar surface area (TPSA) is 80.3 Å². The lowest BCUT2D eigenvalue weighted by Crippen LogP contribution is -2.37. The van der Waals surface area contributed by atoms with Gasteiger partial charge in [-0.25, -0.2) is 0 Å². The summed E-state index contributed by atoms with van der Waals surface area (Å²) in [5, 5.41) is 8.26. The van der Waals surface area contributed by atoms with Crippen LogP contribution in [0.25, 0.3) is 0 Å². The normalized spacial score (nSPS) is 23.8.